The number of nitrogens with one attached hydrogen (secondary N) is 1. The average molecular weight is 361 g/mol. The molecule has 0 aliphatic rings. The minimum absolute atomic E-state index is 0.637. The van der Waals surface area contributed by atoms with E-state index in [2.05, 4.69) is 17.1 Å². The standard InChI is InChI=1S/C23H14F3N/c24-23(25,26)16-11-9-14(10-12-16)19-13-15-5-1-2-6-17(15)22-21(19)18-7-3-4-8-20(18)27-22/h1-13,27H. The van der Waals surface area contributed by atoms with E-state index in [9.17, 15) is 13.2 Å². The van der Waals surface area contributed by atoms with Gasteiger partial charge < -0.3 is 4.98 Å². The Morgan fingerprint density at radius 2 is 1.37 bits per heavy atom. The van der Waals surface area contributed by atoms with Crippen molar-refractivity contribution in [2.24, 2.45) is 0 Å². The largest absolute Gasteiger partial charge is 0.416 e. The number of hydrogen-bond donors (Lipinski definition) is 1. The average Bonchev–Trinajstić information content (AvgIpc) is 3.07. The maximum atomic E-state index is 12.9. The summed E-state index contributed by atoms with van der Waals surface area (Å²) in [5.74, 6) is 0. The van der Waals surface area contributed by atoms with Crippen LogP contribution >= 0.6 is 0 Å². The van der Waals surface area contributed by atoms with Gasteiger partial charge in [-0.25, -0.2) is 0 Å². The minimum Gasteiger partial charge on any atom is -0.354 e. The molecule has 5 rings (SSSR count). The number of H-pyrrole nitrogens is 1. The zero-order valence-electron chi connectivity index (χ0n) is 14.1. The van der Waals surface area contributed by atoms with E-state index in [1.165, 1.54) is 0 Å². The summed E-state index contributed by atoms with van der Waals surface area (Å²) in [5, 5.41) is 4.24. The third-order valence-corrected chi connectivity index (χ3v) is 5.03. The molecular formula is C23H14F3N. The summed E-state index contributed by atoms with van der Waals surface area (Å²) in [6, 6.07) is 23.5. The van der Waals surface area contributed by atoms with Crippen molar-refractivity contribution in [2.75, 3.05) is 0 Å². The lowest BCUT2D eigenvalue weighted by atomic mass is 9.95. The molecule has 0 bridgehead atoms. The van der Waals surface area contributed by atoms with Gasteiger partial charge in [0.05, 0.1) is 11.1 Å². The predicted molar refractivity (Wildman–Crippen MR) is 104 cm³/mol. The first-order chi connectivity index (χ1) is 13.0. The van der Waals surface area contributed by atoms with Gasteiger partial charge in [0.15, 0.2) is 0 Å². The van der Waals surface area contributed by atoms with E-state index < -0.39 is 11.7 Å². The summed E-state index contributed by atoms with van der Waals surface area (Å²) in [7, 11) is 0. The second kappa shape index (κ2) is 5.61. The number of alkyl halides is 3. The highest BCUT2D eigenvalue weighted by Gasteiger charge is 2.30. The Balaban J connectivity index is 1.87. The Hall–Kier alpha value is -3.27. The van der Waals surface area contributed by atoms with Crippen LogP contribution < -0.4 is 0 Å². The summed E-state index contributed by atoms with van der Waals surface area (Å²) in [6.07, 6.45) is -4.34. The van der Waals surface area contributed by atoms with E-state index in [0.717, 1.165) is 55.8 Å². The van der Waals surface area contributed by atoms with Crippen molar-refractivity contribution < 1.29 is 13.2 Å². The minimum atomic E-state index is -4.34. The van der Waals surface area contributed by atoms with Gasteiger partial charge in [-0.05, 0) is 40.8 Å². The normalized spacial score (nSPS) is 12.3. The Labute approximate surface area is 153 Å². The molecule has 0 amide bonds. The lowest BCUT2D eigenvalue weighted by Crippen LogP contribution is -2.04. The Bertz CT molecular complexity index is 1290. The maximum absolute atomic E-state index is 12.9. The molecule has 1 heterocycles. The molecule has 1 N–H and O–H groups in total. The lowest BCUT2D eigenvalue weighted by Gasteiger charge is -2.11. The molecule has 4 aromatic carbocycles. The van der Waals surface area contributed by atoms with Crippen LogP contribution in [0.4, 0.5) is 13.2 Å². The fourth-order valence-corrected chi connectivity index (χ4v) is 3.77. The van der Waals surface area contributed by atoms with Crippen LogP contribution in [0.3, 0.4) is 0 Å². The Kier molecular flexibility index (Phi) is 3.31. The van der Waals surface area contributed by atoms with E-state index in [1.807, 2.05) is 42.5 Å². The van der Waals surface area contributed by atoms with Crippen molar-refractivity contribution in [1.29, 1.82) is 0 Å². The number of hydrogen-bond acceptors (Lipinski definition) is 0. The highest BCUT2D eigenvalue weighted by atomic mass is 19.4. The molecule has 0 saturated carbocycles. The van der Waals surface area contributed by atoms with Crippen LogP contribution in [-0.2, 0) is 6.18 Å². The molecule has 27 heavy (non-hydrogen) atoms. The Morgan fingerprint density at radius 3 is 2.11 bits per heavy atom. The van der Waals surface area contributed by atoms with Crippen LogP contribution in [-0.4, -0.2) is 4.98 Å². The van der Waals surface area contributed by atoms with Crippen LogP contribution in [0.1, 0.15) is 5.56 Å². The van der Waals surface area contributed by atoms with Crippen LogP contribution in [0.5, 0.6) is 0 Å². The quantitative estimate of drug-likeness (QED) is 0.326. The van der Waals surface area contributed by atoms with Gasteiger partial charge in [0.1, 0.15) is 0 Å². The first kappa shape index (κ1) is 15.9. The van der Waals surface area contributed by atoms with E-state index in [-0.39, 0.29) is 0 Å². The zero-order chi connectivity index (χ0) is 18.6. The van der Waals surface area contributed by atoms with Crippen LogP contribution in [0, 0.1) is 0 Å². The second-order valence-corrected chi connectivity index (χ2v) is 6.64. The van der Waals surface area contributed by atoms with E-state index in [0.29, 0.717) is 0 Å². The summed E-state index contributed by atoms with van der Waals surface area (Å²) in [5.41, 5.74) is 3.07. The number of halogens is 3. The molecule has 0 saturated heterocycles. The van der Waals surface area contributed by atoms with Gasteiger partial charge in [-0.3, -0.25) is 0 Å². The molecule has 0 unspecified atom stereocenters. The van der Waals surface area contributed by atoms with E-state index in [4.69, 9.17) is 0 Å². The topological polar surface area (TPSA) is 15.8 Å². The molecule has 0 aliphatic carbocycles. The number of para-hydroxylation sites is 1. The molecule has 0 aliphatic heterocycles. The maximum Gasteiger partial charge on any atom is 0.416 e. The van der Waals surface area contributed by atoms with Crippen molar-refractivity contribution >= 4 is 32.6 Å². The molecule has 132 valence electrons. The van der Waals surface area contributed by atoms with Crippen molar-refractivity contribution in [2.45, 2.75) is 6.18 Å². The van der Waals surface area contributed by atoms with Crippen molar-refractivity contribution in [3.8, 4) is 11.1 Å². The third-order valence-electron chi connectivity index (χ3n) is 5.03. The first-order valence-corrected chi connectivity index (χ1v) is 8.62. The fourth-order valence-electron chi connectivity index (χ4n) is 3.77. The van der Waals surface area contributed by atoms with Gasteiger partial charge in [0.25, 0.3) is 0 Å². The van der Waals surface area contributed by atoms with Crippen LogP contribution in [0.25, 0.3) is 43.7 Å². The second-order valence-electron chi connectivity index (χ2n) is 6.64. The van der Waals surface area contributed by atoms with Gasteiger partial charge in [-0.15, -0.1) is 0 Å². The molecule has 0 atom stereocenters. The predicted octanol–water partition coefficient (Wildman–Crippen LogP) is 7.16. The van der Waals surface area contributed by atoms with Gasteiger partial charge in [-0.1, -0.05) is 54.6 Å². The van der Waals surface area contributed by atoms with Gasteiger partial charge >= 0.3 is 6.18 Å². The Morgan fingerprint density at radius 1 is 0.704 bits per heavy atom. The van der Waals surface area contributed by atoms with Crippen molar-refractivity contribution in [1.82, 2.24) is 4.98 Å². The molecule has 1 nitrogen and oxygen atoms in total. The molecule has 0 fully saturated rings. The zero-order valence-corrected chi connectivity index (χ0v) is 14.1. The monoisotopic (exact) mass is 361 g/mol. The van der Waals surface area contributed by atoms with Gasteiger partial charge in [-0.2, -0.15) is 13.2 Å². The van der Waals surface area contributed by atoms with Crippen molar-refractivity contribution in [3.63, 3.8) is 0 Å². The van der Waals surface area contributed by atoms with Crippen LogP contribution in [0.15, 0.2) is 78.9 Å². The molecule has 0 spiro atoms. The molecular weight excluding hydrogens is 347 g/mol. The number of fused-ring (bicyclic) bond motifs is 5. The number of benzene rings is 4. The molecule has 1 aromatic heterocycles. The molecule has 0 radical (unpaired) electrons. The van der Waals surface area contributed by atoms with Crippen molar-refractivity contribution in [3.05, 3.63) is 84.4 Å². The highest BCUT2D eigenvalue weighted by Crippen LogP contribution is 2.40. The lowest BCUT2D eigenvalue weighted by molar-refractivity contribution is -0.137. The van der Waals surface area contributed by atoms with Gasteiger partial charge in [0.2, 0.25) is 0 Å². The summed E-state index contributed by atoms with van der Waals surface area (Å²) in [4.78, 5) is 3.49. The number of aromatic nitrogens is 1. The van der Waals surface area contributed by atoms with Gasteiger partial charge in [0, 0.05) is 21.7 Å². The first-order valence-electron chi connectivity index (χ1n) is 8.62. The number of aromatic amines is 1. The van der Waals surface area contributed by atoms with E-state index >= 15 is 0 Å². The number of rotatable bonds is 1. The third kappa shape index (κ3) is 2.48. The summed E-state index contributed by atoms with van der Waals surface area (Å²) < 4.78 is 38.8. The highest BCUT2D eigenvalue weighted by molar-refractivity contribution is 6.22. The fraction of sp³-hybridized carbons (Fsp3) is 0.0435. The molecule has 5 aromatic rings. The van der Waals surface area contributed by atoms with Crippen LogP contribution in [0.2, 0.25) is 0 Å². The summed E-state index contributed by atoms with van der Waals surface area (Å²) >= 11 is 0. The summed E-state index contributed by atoms with van der Waals surface area (Å²) in [6.45, 7) is 0. The molecule has 4 heteroatoms. The van der Waals surface area contributed by atoms with E-state index in [1.54, 1.807) is 12.1 Å². The smallest absolute Gasteiger partial charge is 0.354 e. The SMILES string of the molecule is FC(F)(F)c1ccc(-c2cc3ccccc3c3[nH]c4ccccc4c23)cc1.